The zero-order valence-electron chi connectivity index (χ0n) is 15.6. The fraction of sp³-hybridized carbons (Fsp3) is 0.300. The number of amides is 3. The van der Waals surface area contributed by atoms with Gasteiger partial charge < -0.3 is 14.8 Å². The van der Waals surface area contributed by atoms with Gasteiger partial charge in [0.2, 0.25) is 0 Å². The summed E-state index contributed by atoms with van der Waals surface area (Å²) in [6.07, 6.45) is 1.71. The van der Waals surface area contributed by atoms with Gasteiger partial charge in [-0.15, -0.1) is 0 Å². The van der Waals surface area contributed by atoms with Gasteiger partial charge in [-0.25, -0.2) is 4.79 Å². The van der Waals surface area contributed by atoms with Crippen molar-refractivity contribution in [1.82, 2.24) is 15.2 Å². The SMILES string of the molecule is CCN(CC)c1ccc(-n2c(C)cc(C=C3NC(=O)NC3=O)c2C)cc1. The molecule has 1 aromatic heterocycles. The second-order valence-corrected chi connectivity index (χ2v) is 6.32. The Morgan fingerprint density at radius 1 is 1.04 bits per heavy atom. The number of aromatic nitrogens is 1. The molecule has 6 nitrogen and oxygen atoms in total. The monoisotopic (exact) mass is 352 g/mol. The molecule has 1 aliphatic rings. The van der Waals surface area contributed by atoms with Gasteiger partial charge in [-0.05, 0) is 69.7 Å². The van der Waals surface area contributed by atoms with Crippen LogP contribution in [0.15, 0.2) is 36.0 Å². The Bertz CT molecular complexity index is 874. The van der Waals surface area contributed by atoms with Crippen molar-refractivity contribution < 1.29 is 9.59 Å². The number of hydrogen-bond donors (Lipinski definition) is 2. The van der Waals surface area contributed by atoms with E-state index in [1.165, 1.54) is 5.69 Å². The Morgan fingerprint density at radius 3 is 2.23 bits per heavy atom. The first kappa shape index (κ1) is 17.8. The van der Waals surface area contributed by atoms with Crippen molar-refractivity contribution in [3.05, 3.63) is 53.0 Å². The van der Waals surface area contributed by atoms with Gasteiger partial charge in [0.25, 0.3) is 5.91 Å². The van der Waals surface area contributed by atoms with Crippen LogP contribution in [0.5, 0.6) is 0 Å². The molecule has 2 aromatic rings. The molecule has 26 heavy (non-hydrogen) atoms. The number of carbonyl (C=O) groups is 2. The molecule has 2 N–H and O–H groups in total. The van der Waals surface area contributed by atoms with E-state index in [2.05, 4.69) is 58.2 Å². The highest BCUT2D eigenvalue weighted by molar-refractivity contribution is 6.14. The first-order valence-electron chi connectivity index (χ1n) is 8.83. The van der Waals surface area contributed by atoms with E-state index in [0.717, 1.165) is 35.7 Å². The average molecular weight is 352 g/mol. The molecule has 0 atom stereocenters. The van der Waals surface area contributed by atoms with Gasteiger partial charge in [0.15, 0.2) is 0 Å². The molecular weight excluding hydrogens is 328 g/mol. The zero-order chi connectivity index (χ0) is 18.8. The number of carbonyl (C=O) groups excluding carboxylic acids is 2. The predicted molar refractivity (Wildman–Crippen MR) is 103 cm³/mol. The number of rotatable bonds is 5. The molecular formula is C20H24N4O2. The third kappa shape index (κ3) is 3.22. The van der Waals surface area contributed by atoms with Crippen LogP contribution in [0.1, 0.15) is 30.8 Å². The third-order valence-electron chi connectivity index (χ3n) is 4.73. The first-order chi connectivity index (χ1) is 12.4. The molecule has 6 heteroatoms. The number of benzene rings is 1. The lowest BCUT2D eigenvalue weighted by Gasteiger charge is -2.21. The zero-order valence-corrected chi connectivity index (χ0v) is 15.6. The van der Waals surface area contributed by atoms with Crippen LogP contribution in [-0.4, -0.2) is 29.6 Å². The molecule has 3 rings (SSSR count). The Hall–Kier alpha value is -3.02. The summed E-state index contributed by atoms with van der Waals surface area (Å²) in [7, 11) is 0. The summed E-state index contributed by atoms with van der Waals surface area (Å²) in [5, 5.41) is 4.75. The summed E-state index contributed by atoms with van der Waals surface area (Å²) in [5.41, 5.74) is 5.53. The van der Waals surface area contributed by atoms with Gasteiger partial charge >= 0.3 is 6.03 Å². The third-order valence-corrected chi connectivity index (χ3v) is 4.73. The van der Waals surface area contributed by atoms with E-state index in [4.69, 9.17) is 0 Å². The number of aryl methyl sites for hydroxylation is 1. The van der Waals surface area contributed by atoms with E-state index in [0.29, 0.717) is 0 Å². The van der Waals surface area contributed by atoms with Gasteiger partial charge in [-0.3, -0.25) is 10.1 Å². The molecule has 0 unspecified atom stereocenters. The van der Waals surface area contributed by atoms with Crippen molar-refractivity contribution >= 4 is 23.7 Å². The summed E-state index contributed by atoms with van der Waals surface area (Å²) in [6, 6.07) is 10.00. The molecule has 0 aliphatic carbocycles. The maximum absolute atomic E-state index is 11.7. The van der Waals surface area contributed by atoms with Gasteiger partial charge in [0, 0.05) is 35.9 Å². The molecule has 2 heterocycles. The standard InChI is InChI=1S/C20H24N4O2/c1-5-23(6-2)16-7-9-17(10-8-16)24-13(3)11-15(14(24)4)12-18-19(25)22-20(26)21-18/h7-12H,5-6H2,1-4H3,(H2,21,22,25,26). The molecule has 1 aromatic carbocycles. The van der Waals surface area contributed by atoms with Crippen molar-refractivity contribution in [3.8, 4) is 5.69 Å². The van der Waals surface area contributed by atoms with Crippen LogP contribution in [0, 0.1) is 13.8 Å². The van der Waals surface area contributed by atoms with Crippen LogP contribution in [0.25, 0.3) is 11.8 Å². The number of nitrogens with one attached hydrogen (secondary N) is 2. The van der Waals surface area contributed by atoms with Crippen LogP contribution < -0.4 is 15.5 Å². The molecule has 0 radical (unpaired) electrons. The lowest BCUT2D eigenvalue weighted by molar-refractivity contribution is -0.115. The Balaban J connectivity index is 1.95. The highest BCUT2D eigenvalue weighted by Gasteiger charge is 2.23. The summed E-state index contributed by atoms with van der Waals surface area (Å²) in [6.45, 7) is 10.3. The van der Waals surface area contributed by atoms with Crippen molar-refractivity contribution in [3.63, 3.8) is 0 Å². The lowest BCUT2D eigenvalue weighted by Crippen LogP contribution is -2.22. The molecule has 0 spiro atoms. The van der Waals surface area contributed by atoms with E-state index >= 15 is 0 Å². The normalized spacial score (nSPS) is 15.3. The Kier molecular flexibility index (Phi) is 4.84. The quantitative estimate of drug-likeness (QED) is 0.642. The van der Waals surface area contributed by atoms with Crippen molar-refractivity contribution in [2.75, 3.05) is 18.0 Å². The topological polar surface area (TPSA) is 66.4 Å². The van der Waals surface area contributed by atoms with Crippen LogP contribution in [0.3, 0.4) is 0 Å². The summed E-state index contributed by atoms with van der Waals surface area (Å²) >= 11 is 0. The molecule has 1 fully saturated rings. The van der Waals surface area contributed by atoms with Crippen LogP contribution in [-0.2, 0) is 4.79 Å². The minimum atomic E-state index is -0.484. The number of anilines is 1. The van der Waals surface area contributed by atoms with Crippen LogP contribution in [0.2, 0.25) is 0 Å². The van der Waals surface area contributed by atoms with E-state index < -0.39 is 11.9 Å². The minimum absolute atomic E-state index is 0.270. The van der Waals surface area contributed by atoms with E-state index in [9.17, 15) is 9.59 Å². The van der Waals surface area contributed by atoms with Crippen LogP contribution >= 0.6 is 0 Å². The van der Waals surface area contributed by atoms with E-state index in [-0.39, 0.29) is 5.70 Å². The summed E-state index contributed by atoms with van der Waals surface area (Å²) in [5.74, 6) is -0.400. The molecule has 136 valence electrons. The molecule has 1 aliphatic heterocycles. The molecule has 0 saturated carbocycles. The maximum Gasteiger partial charge on any atom is 0.326 e. The smallest absolute Gasteiger partial charge is 0.326 e. The maximum atomic E-state index is 11.7. The number of hydrogen-bond acceptors (Lipinski definition) is 3. The largest absolute Gasteiger partial charge is 0.372 e. The fourth-order valence-electron chi connectivity index (χ4n) is 3.37. The molecule has 0 bridgehead atoms. The van der Waals surface area contributed by atoms with Gasteiger partial charge in [0.05, 0.1) is 0 Å². The predicted octanol–water partition coefficient (Wildman–Crippen LogP) is 3.12. The first-order valence-corrected chi connectivity index (χ1v) is 8.83. The molecule has 3 amide bonds. The highest BCUT2D eigenvalue weighted by atomic mass is 16.2. The molecule has 1 saturated heterocycles. The number of urea groups is 1. The second-order valence-electron chi connectivity index (χ2n) is 6.32. The van der Waals surface area contributed by atoms with Gasteiger partial charge in [-0.2, -0.15) is 0 Å². The van der Waals surface area contributed by atoms with Crippen molar-refractivity contribution in [2.45, 2.75) is 27.7 Å². The average Bonchev–Trinajstić information content (AvgIpc) is 3.08. The van der Waals surface area contributed by atoms with Crippen LogP contribution in [0.4, 0.5) is 10.5 Å². The summed E-state index contributed by atoms with van der Waals surface area (Å²) in [4.78, 5) is 25.3. The number of imide groups is 1. The van der Waals surface area contributed by atoms with Crippen molar-refractivity contribution in [2.24, 2.45) is 0 Å². The summed E-state index contributed by atoms with van der Waals surface area (Å²) < 4.78 is 2.15. The lowest BCUT2D eigenvalue weighted by atomic mass is 10.2. The number of nitrogens with zero attached hydrogens (tertiary/aromatic N) is 2. The van der Waals surface area contributed by atoms with Gasteiger partial charge in [-0.1, -0.05) is 0 Å². The second kappa shape index (κ2) is 7.07. The fourth-order valence-corrected chi connectivity index (χ4v) is 3.37. The van der Waals surface area contributed by atoms with Gasteiger partial charge in [0.1, 0.15) is 5.70 Å². The van der Waals surface area contributed by atoms with Crippen molar-refractivity contribution in [1.29, 1.82) is 0 Å². The Morgan fingerprint density at radius 2 is 1.69 bits per heavy atom. The van der Waals surface area contributed by atoms with E-state index in [1.807, 2.05) is 19.9 Å². The highest BCUT2D eigenvalue weighted by Crippen LogP contribution is 2.25. The van der Waals surface area contributed by atoms with E-state index in [1.54, 1.807) is 6.08 Å². The Labute approximate surface area is 153 Å². The minimum Gasteiger partial charge on any atom is -0.372 e.